The molecule has 0 unspecified atom stereocenters. The van der Waals surface area contributed by atoms with Crippen molar-refractivity contribution in [1.82, 2.24) is 9.80 Å². The van der Waals surface area contributed by atoms with E-state index in [2.05, 4.69) is 6.58 Å². The standard InChI is InChI=1S/C9H14N2O2/c1-7(2)4-11-5-8(12)10(3)9(13)6-11/h1,4-6H2,2-3H3. The third-order valence-electron chi connectivity index (χ3n) is 1.96. The molecule has 1 rings (SSSR count). The fourth-order valence-electron chi connectivity index (χ4n) is 1.28. The molecule has 1 heterocycles. The molecule has 1 saturated heterocycles. The highest BCUT2D eigenvalue weighted by Crippen LogP contribution is 2.04. The minimum atomic E-state index is -0.141. The van der Waals surface area contributed by atoms with Crippen LogP contribution in [0.25, 0.3) is 0 Å². The van der Waals surface area contributed by atoms with Gasteiger partial charge in [0.05, 0.1) is 13.1 Å². The number of hydrogen-bond acceptors (Lipinski definition) is 3. The molecule has 1 aliphatic heterocycles. The summed E-state index contributed by atoms with van der Waals surface area (Å²) < 4.78 is 0. The Hall–Kier alpha value is -1.16. The zero-order chi connectivity index (χ0) is 10.0. The first kappa shape index (κ1) is 9.92. The Kier molecular flexibility index (Phi) is 2.83. The van der Waals surface area contributed by atoms with Gasteiger partial charge in [0.1, 0.15) is 0 Å². The molecule has 0 aromatic rings. The van der Waals surface area contributed by atoms with Crippen molar-refractivity contribution in [3.8, 4) is 0 Å². The molecule has 72 valence electrons. The topological polar surface area (TPSA) is 40.6 Å². The predicted octanol–water partition coefficient (Wildman–Crippen LogP) is -0.137. The molecule has 0 spiro atoms. The van der Waals surface area contributed by atoms with Gasteiger partial charge in [-0.2, -0.15) is 0 Å². The second-order valence-electron chi connectivity index (χ2n) is 3.45. The first-order chi connectivity index (χ1) is 6.00. The number of piperazine rings is 1. The minimum Gasteiger partial charge on any atom is -0.284 e. The molecule has 1 aliphatic rings. The third-order valence-corrected chi connectivity index (χ3v) is 1.96. The van der Waals surface area contributed by atoms with Gasteiger partial charge in [0, 0.05) is 13.6 Å². The summed E-state index contributed by atoms with van der Waals surface area (Å²) in [5.41, 5.74) is 0.963. The van der Waals surface area contributed by atoms with E-state index in [-0.39, 0.29) is 11.8 Å². The monoisotopic (exact) mass is 182 g/mol. The van der Waals surface area contributed by atoms with Crippen molar-refractivity contribution in [3.63, 3.8) is 0 Å². The van der Waals surface area contributed by atoms with Crippen molar-refractivity contribution in [2.45, 2.75) is 6.92 Å². The smallest absolute Gasteiger partial charge is 0.243 e. The third kappa shape index (κ3) is 2.39. The van der Waals surface area contributed by atoms with Gasteiger partial charge >= 0.3 is 0 Å². The van der Waals surface area contributed by atoms with E-state index in [1.165, 1.54) is 11.9 Å². The van der Waals surface area contributed by atoms with E-state index >= 15 is 0 Å². The predicted molar refractivity (Wildman–Crippen MR) is 49.0 cm³/mol. The Bertz CT molecular complexity index is 242. The van der Waals surface area contributed by atoms with Crippen LogP contribution in [-0.2, 0) is 9.59 Å². The van der Waals surface area contributed by atoms with E-state index in [0.29, 0.717) is 19.6 Å². The Balaban J connectivity index is 2.58. The number of carbonyl (C=O) groups is 2. The van der Waals surface area contributed by atoms with Crippen LogP contribution in [0.4, 0.5) is 0 Å². The second kappa shape index (κ2) is 3.70. The molecule has 0 atom stereocenters. The molecule has 0 aromatic carbocycles. The van der Waals surface area contributed by atoms with Crippen LogP contribution in [0.1, 0.15) is 6.92 Å². The molecule has 13 heavy (non-hydrogen) atoms. The van der Waals surface area contributed by atoms with Gasteiger partial charge in [-0.25, -0.2) is 0 Å². The van der Waals surface area contributed by atoms with Gasteiger partial charge in [-0.15, -0.1) is 0 Å². The van der Waals surface area contributed by atoms with Crippen LogP contribution in [0.5, 0.6) is 0 Å². The fourth-order valence-corrected chi connectivity index (χ4v) is 1.28. The molecule has 0 saturated carbocycles. The van der Waals surface area contributed by atoms with Crippen LogP contribution in [0, 0.1) is 0 Å². The number of likely N-dealkylation sites (N-methyl/N-ethyl adjacent to an activating group) is 1. The van der Waals surface area contributed by atoms with Crippen molar-refractivity contribution in [2.75, 3.05) is 26.7 Å². The van der Waals surface area contributed by atoms with Crippen LogP contribution in [-0.4, -0.2) is 48.3 Å². The van der Waals surface area contributed by atoms with Gasteiger partial charge in [-0.05, 0) is 6.92 Å². The Morgan fingerprint density at radius 1 is 1.38 bits per heavy atom. The summed E-state index contributed by atoms with van der Waals surface area (Å²) in [4.78, 5) is 25.4. The average Bonchev–Trinajstić information content (AvgIpc) is 1.98. The second-order valence-corrected chi connectivity index (χ2v) is 3.45. The SMILES string of the molecule is C=C(C)CN1CC(=O)N(C)C(=O)C1. The van der Waals surface area contributed by atoms with Crippen LogP contribution >= 0.6 is 0 Å². The molecule has 1 fully saturated rings. The molecule has 0 aliphatic carbocycles. The van der Waals surface area contributed by atoms with Crippen molar-refractivity contribution < 1.29 is 9.59 Å². The van der Waals surface area contributed by atoms with E-state index in [1.807, 2.05) is 6.92 Å². The first-order valence-electron chi connectivity index (χ1n) is 4.17. The quantitative estimate of drug-likeness (QED) is 0.441. The van der Waals surface area contributed by atoms with Gasteiger partial charge in [-0.3, -0.25) is 19.4 Å². The maximum Gasteiger partial charge on any atom is 0.243 e. The Morgan fingerprint density at radius 2 is 1.85 bits per heavy atom. The summed E-state index contributed by atoms with van der Waals surface area (Å²) in [5, 5.41) is 0. The molecule has 0 radical (unpaired) electrons. The van der Waals surface area contributed by atoms with Gasteiger partial charge in [0.25, 0.3) is 0 Å². The van der Waals surface area contributed by atoms with Crippen molar-refractivity contribution in [1.29, 1.82) is 0 Å². The van der Waals surface area contributed by atoms with Crippen molar-refractivity contribution in [2.24, 2.45) is 0 Å². The molecular formula is C9H14N2O2. The largest absolute Gasteiger partial charge is 0.284 e. The lowest BCUT2D eigenvalue weighted by atomic mass is 10.2. The highest BCUT2D eigenvalue weighted by Gasteiger charge is 2.27. The van der Waals surface area contributed by atoms with E-state index in [4.69, 9.17) is 0 Å². The number of imide groups is 1. The fraction of sp³-hybridized carbons (Fsp3) is 0.556. The summed E-state index contributed by atoms with van der Waals surface area (Å²) in [7, 11) is 1.52. The van der Waals surface area contributed by atoms with Crippen molar-refractivity contribution >= 4 is 11.8 Å². The van der Waals surface area contributed by atoms with Crippen molar-refractivity contribution in [3.05, 3.63) is 12.2 Å². The number of carbonyl (C=O) groups excluding carboxylic acids is 2. The lowest BCUT2D eigenvalue weighted by Gasteiger charge is -2.30. The molecular weight excluding hydrogens is 168 g/mol. The van der Waals surface area contributed by atoms with Crippen LogP contribution in [0.2, 0.25) is 0 Å². The lowest BCUT2D eigenvalue weighted by molar-refractivity contribution is -0.149. The molecule has 0 aromatic heterocycles. The van der Waals surface area contributed by atoms with Gasteiger partial charge in [-0.1, -0.05) is 12.2 Å². The zero-order valence-corrected chi connectivity index (χ0v) is 8.04. The van der Waals surface area contributed by atoms with E-state index in [1.54, 1.807) is 4.90 Å². The summed E-state index contributed by atoms with van der Waals surface area (Å²) in [5.74, 6) is -0.282. The molecule has 4 heteroatoms. The maximum absolute atomic E-state index is 11.2. The van der Waals surface area contributed by atoms with Gasteiger partial charge in [0.15, 0.2) is 0 Å². The van der Waals surface area contributed by atoms with E-state index < -0.39 is 0 Å². The van der Waals surface area contributed by atoms with Gasteiger partial charge < -0.3 is 0 Å². The number of hydrogen-bond donors (Lipinski definition) is 0. The molecule has 0 N–H and O–H groups in total. The van der Waals surface area contributed by atoms with E-state index in [0.717, 1.165) is 5.57 Å². The highest BCUT2D eigenvalue weighted by molar-refractivity contribution is 5.99. The normalized spacial score (nSPS) is 19.4. The summed E-state index contributed by atoms with van der Waals surface area (Å²) >= 11 is 0. The highest BCUT2D eigenvalue weighted by atomic mass is 16.2. The number of rotatable bonds is 2. The summed E-state index contributed by atoms with van der Waals surface area (Å²) in [6.45, 7) is 6.87. The Labute approximate surface area is 77.8 Å². The van der Waals surface area contributed by atoms with Crippen LogP contribution in [0.15, 0.2) is 12.2 Å². The minimum absolute atomic E-state index is 0.141. The summed E-state index contributed by atoms with van der Waals surface area (Å²) in [6.07, 6.45) is 0. The molecule has 0 bridgehead atoms. The average molecular weight is 182 g/mol. The Morgan fingerprint density at radius 3 is 2.23 bits per heavy atom. The summed E-state index contributed by atoms with van der Waals surface area (Å²) in [6, 6.07) is 0. The van der Waals surface area contributed by atoms with E-state index in [9.17, 15) is 9.59 Å². The van der Waals surface area contributed by atoms with Crippen LogP contribution < -0.4 is 0 Å². The number of amides is 2. The number of nitrogens with zero attached hydrogens (tertiary/aromatic N) is 2. The van der Waals surface area contributed by atoms with Gasteiger partial charge in [0.2, 0.25) is 11.8 Å². The van der Waals surface area contributed by atoms with Crippen LogP contribution in [0.3, 0.4) is 0 Å². The first-order valence-corrected chi connectivity index (χ1v) is 4.17. The molecule has 2 amide bonds. The maximum atomic E-state index is 11.2. The zero-order valence-electron chi connectivity index (χ0n) is 8.04. The molecule has 4 nitrogen and oxygen atoms in total. The lowest BCUT2D eigenvalue weighted by Crippen LogP contribution is -2.52.